The van der Waals surface area contributed by atoms with Gasteiger partial charge in [0.1, 0.15) is 0 Å². The Morgan fingerprint density at radius 1 is 0.667 bits per heavy atom. The molecule has 0 atom stereocenters. The maximum absolute atomic E-state index is 14.8. The van der Waals surface area contributed by atoms with Crippen LogP contribution in [0, 0.1) is 10.8 Å². The maximum Gasteiger partial charge on any atom is 0.177 e. The number of hydrogen-bond acceptors (Lipinski definition) is 0. The highest BCUT2D eigenvalue weighted by atomic mass is 79.9. The predicted octanol–water partition coefficient (Wildman–Crippen LogP) is 4.96. The van der Waals surface area contributed by atoms with Crippen molar-refractivity contribution in [3.63, 3.8) is 0 Å². The molecular weight excluding hydrogens is 255 g/mol. The lowest BCUT2D eigenvalue weighted by molar-refractivity contribution is 0.196. The first kappa shape index (κ1) is 10.6. The fourth-order valence-corrected chi connectivity index (χ4v) is 6.09. The van der Waals surface area contributed by atoms with Crippen LogP contribution in [0.3, 0.4) is 0 Å². The SMILES string of the molecule is FC1(Br)C2(CCCCC2)C12CCCCC2. The van der Waals surface area contributed by atoms with Crippen molar-refractivity contribution >= 4 is 15.9 Å². The van der Waals surface area contributed by atoms with E-state index in [9.17, 15) is 4.39 Å². The molecule has 0 saturated heterocycles. The minimum Gasteiger partial charge on any atom is -0.230 e. The Kier molecular flexibility index (Phi) is 2.26. The summed E-state index contributed by atoms with van der Waals surface area (Å²) in [4.78, 5) is 0. The molecule has 3 aliphatic carbocycles. The smallest absolute Gasteiger partial charge is 0.177 e. The van der Waals surface area contributed by atoms with E-state index < -0.39 is 4.58 Å². The Morgan fingerprint density at radius 2 is 1.00 bits per heavy atom. The summed E-state index contributed by atoms with van der Waals surface area (Å²) in [6, 6.07) is 0. The summed E-state index contributed by atoms with van der Waals surface area (Å²) in [5.41, 5.74) is 0.0807. The van der Waals surface area contributed by atoms with E-state index in [-0.39, 0.29) is 10.8 Å². The Bertz CT molecular complexity index is 234. The maximum atomic E-state index is 14.8. The van der Waals surface area contributed by atoms with Gasteiger partial charge in [-0.3, -0.25) is 0 Å². The topological polar surface area (TPSA) is 0 Å². The van der Waals surface area contributed by atoms with Crippen molar-refractivity contribution in [3.8, 4) is 0 Å². The summed E-state index contributed by atoms with van der Waals surface area (Å²) in [5, 5.41) is 0. The molecule has 3 rings (SSSR count). The highest BCUT2D eigenvalue weighted by molar-refractivity contribution is 9.10. The molecule has 0 heterocycles. The summed E-state index contributed by atoms with van der Waals surface area (Å²) in [6.45, 7) is 0. The zero-order chi connectivity index (χ0) is 10.6. The van der Waals surface area contributed by atoms with Crippen LogP contribution in [-0.2, 0) is 0 Å². The van der Waals surface area contributed by atoms with E-state index in [1.54, 1.807) is 0 Å². The second-order valence-corrected chi connectivity index (χ2v) is 6.95. The van der Waals surface area contributed by atoms with Crippen LogP contribution < -0.4 is 0 Å². The third-order valence-electron chi connectivity index (χ3n) is 5.47. The van der Waals surface area contributed by atoms with Gasteiger partial charge in [-0.25, -0.2) is 4.39 Å². The zero-order valence-corrected chi connectivity index (χ0v) is 10.9. The first-order valence-corrected chi connectivity index (χ1v) is 7.34. The van der Waals surface area contributed by atoms with E-state index >= 15 is 0 Å². The molecule has 3 fully saturated rings. The Hall–Kier alpha value is 0.410. The van der Waals surface area contributed by atoms with Gasteiger partial charge in [0.15, 0.2) is 4.58 Å². The zero-order valence-electron chi connectivity index (χ0n) is 9.33. The van der Waals surface area contributed by atoms with Crippen molar-refractivity contribution < 1.29 is 4.39 Å². The van der Waals surface area contributed by atoms with Gasteiger partial charge >= 0.3 is 0 Å². The van der Waals surface area contributed by atoms with Crippen LogP contribution in [0.4, 0.5) is 4.39 Å². The minimum absolute atomic E-state index is 0.0403. The van der Waals surface area contributed by atoms with E-state index in [0.29, 0.717) is 0 Å². The van der Waals surface area contributed by atoms with Crippen LogP contribution in [0.25, 0.3) is 0 Å². The lowest BCUT2D eigenvalue weighted by Gasteiger charge is -2.30. The van der Waals surface area contributed by atoms with Gasteiger partial charge in [0.2, 0.25) is 0 Å². The molecule has 0 amide bonds. The number of rotatable bonds is 0. The molecule has 0 nitrogen and oxygen atoms in total. The summed E-state index contributed by atoms with van der Waals surface area (Å²) >= 11 is 3.46. The number of halogens is 2. The quantitative estimate of drug-likeness (QED) is 0.548. The first-order valence-electron chi connectivity index (χ1n) is 6.54. The molecule has 0 aliphatic heterocycles. The standard InChI is InChI=1S/C13H20BrF/c14-13(15)11(7-3-1-4-8-11)12(13)9-5-2-6-10-12/h1-10H2. The van der Waals surface area contributed by atoms with E-state index in [1.807, 2.05) is 0 Å². The number of hydrogen-bond donors (Lipinski definition) is 0. The molecule has 3 saturated carbocycles. The molecule has 0 N–H and O–H groups in total. The molecular formula is C13H20BrF. The van der Waals surface area contributed by atoms with Crippen LogP contribution in [0.2, 0.25) is 0 Å². The van der Waals surface area contributed by atoms with Crippen LogP contribution in [0.5, 0.6) is 0 Å². The monoisotopic (exact) mass is 274 g/mol. The largest absolute Gasteiger partial charge is 0.230 e. The van der Waals surface area contributed by atoms with Crippen LogP contribution in [0.1, 0.15) is 64.2 Å². The predicted molar refractivity (Wildman–Crippen MR) is 63.8 cm³/mol. The van der Waals surface area contributed by atoms with Gasteiger partial charge in [-0.1, -0.05) is 38.5 Å². The molecule has 2 spiro atoms. The fraction of sp³-hybridized carbons (Fsp3) is 1.00. The van der Waals surface area contributed by atoms with E-state index in [2.05, 4.69) is 15.9 Å². The molecule has 2 heteroatoms. The molecule has 0 unspecified atom stereocenters. The summed E-state index contributed by atoms with van der Waals surface area (Å²) in [5.74, 6) is 0. The number of alkyl halides is 2. The van der Waals surface area contributed by atoms with Crippen molar-refractivity contribution in [2.45, 2.75) is 68.8 Å². The summed E-state index contributed by atoms with van der Waals surface area (Å²) < 4.78 is 13.8. The van der Waals surface area contributed by atoms with Gasteiger partial charge in [0.25, 0.3) is 0 Å². The second kappa shape index (κ2) is 3.21. The fourth-order valence-electron chi connectivity index (χ4n) is 4.64. The van der Waals surface area contributed by atoms with E-state index in [0.717, 1.165) is 25.7 Å². The summed E-state index contributed by atoms with van der Waals surface area (Å²) in [6.07, 6.45) is 12.2. The highest BCUT2D eigenvalue weighted by Gasteiger charge is 2.85. The third-order valence-corrected chi connectivity index (χ3v) is 6.99. The molecule has 0 aromatic heterocycles. The van der Waals surface area contributed by atoms with Gasteiger partial charge < -0.3 is 0 Å². The van der Waals surface area contributed by atoms with E-state index in [4.69, 9.17) is 0 Å². The molecule has 86 valence electrons. The molecule has 3 aliphatic rings. The molecule has 15 heavy (non-hydrogen) atoms. The second-order valence-electron chi connectivity index (χ2n) is 5.86. The van der Waals surface area contributed by atoms with Crippen molar-refractivity contribution in [3.05, 3.63) is 0 Å². The van der Waals surface area contributed by atoms with Crippen LogP contribution >= 0.6 is 15.9 Å². The first-order chi connectivity index (χ1) is 7.16. The molecule has 0 bridgehead atoms. The van der Waals surface area contributed by atoms with Gasteiger partial charge in [-0.2, -0.15) is 0 Å². The van der Waals surface area contributed by atoms with Gasteiger partial charge in [-0.15, -0.1) is 0 Å². The normalized spacial score (nSPS) is 42.0. The van der Waals surface area contributed by atoms with Crippen molar-refractivity contribution in [1.82, 2.24) is 0 Å². The van der Waals surface area contributed by atoms with Gasteiger partial charge in [-0.05, 0) is 41.6 Å². The van der Waals surface area contributed by atoms with Gasteiger partial charge in [0, 0.05) is 10.8 Å². The average molecular weight is 275 g/mol. The molecule has 0 aromatic carbocycles. The summed E-state index contributed by atoms with van der Waals surface area (Å²) in [7, 11) is 0. The number of fused-ring (bicyclic) bond motifs is 1. The van der Waals surface area contributed by atoms with Crippen LogP contribution in [0.15, 0.2) is 0 Å². The third kappa shape index (κ3) is 1.08. The molecule has 0 aromatic rings. The van der Waals surface area contributed by atoms with Crippen molar-refractivity contribution in [2.24, 2.45) is 10.8 Å². The lowest BCUT2D eigenvalue weighted by atomic mass is 9.73. The highest BCUT2D eigenvalue weighted by Crippen LogP contribution is 2.85. The Balaban J connectivity index is 1.90. The lowest BCUT2D eigenvalue weighted by Crippen LogP contribution is -2.20. The molecule has 0 radical (unpaired) electrons. The van der Waals surface area contributed by atoms with Crippen LogP contribution in [-0.4, -0.2) is 4.58 Å². The van der Waals surface area contributed by atoms with Crippen molar-refractivity contribution in [1.29, 1.82) is 0 Å². The van der Waals surface area contributed by atoms with Gasteiger partial charge in [0.05, 0.1) is 0 Å². The Labute approximate surface area is 100 Å². The Morgan fingerprint density at radius 3 is 1.33 bits per heavy atom. The van der Waals surface area contributed by atoms with E-state index in [1.165, 1.54) is 38.5 Å². The minimum atomic E-state index is -1.01. The average Bonchev–Trinajstić information content (AvgIpc) is 2.63. The van der Waals surface area contributed by atoms with Crippen molar-refractivity contribution in [2.75, 3.05) is 0 Å².